The minimum absolute atomic E-state index is 0.119. The molecule has 0 spiro atoms. The maximum atomic E-state index is 11.7. The molecule has 28 heavy (non-hydrogen) atoms. The van der Waals surface area contributed by atoms with E-state index in [1.807, 2.05) is 55.6 Å². The first-order chi connectivity index (χ1) is 13.5. The Morgan fingerprint density at radius 3 is 2.54 bits per heavy atom. The van der Waals surface area contributed by atoms with Gasteiger partial charge in [-0.3, -0.25) is 9.20 Å². The van der Waals surface area contributed by atoms with Crippen LogP contribution in [0.3, 0.4) is 0 Å². The van der Waals surface area contributed by atoms with Gasteiger partial charge in [0.1, 0.15) is 11.4 Å². The third-order valence-electron chi connectivity index (χ3n) is 3.77. The van der Waals surface area contributed by atoms with E-state index in [0.29, 0.717) is 40.3 Å². The zero-order valence-corrected chi connectivity index (χ0v) is 18.0. The van der Waals surface area contributed by atoms with Crippen LogP contribution in [0.1, 0.15) is 33.4 Å². The summed E-state index contributed by atoms with van der Waals surface area (Å²) in [5.41, 5.74) is 2.94. The molecule has 0 aliphatic rings. The molecule has 0 aliphatic carbocycles. The molecule has 0 radical (unpaired) electrons. The fraction of sp³-hybridized carbons (Fsp3) is 0.333. The standard InChI is InChI=1S/C19H18Cl2N2O3.C2H6/c1-3-25-17-9-13(14(20)10-15(17)21)16-6-5-7-18-22-12(11-23(16)18)8-19(24)26-4-2;1-2/h5-7,9-11H,3-4,8H2,1-2H3;1-2H3. The maximum absolute atomic E-state index is 11.7. The molecule has 2 heterocycles. The number of hydrogen-bond acceptors (Lipinski definition) is 4. The normalized spacial score (nSPS) is 10.4. The molecule has 2 aromatic heterocycles. The van der Waals surface area contributed by atoms with Gasteiger partial charge in [0.15, 0.2) is 0 Å². The number of aromatic nitrogens is 2. The first-order valence-corrected chi connectivity index (χ1v) is 10.0. The second kappa shape index (κ2) is 10.3. The third-order valence-corrected chi connectivity index (χ3v) is 4.38. The van der Waals surface area contributed by atoms with Crippen molar-refractivity contribution in [2.45, 2.75) is 34.1 Å². The van der Waals surface area contributed by atoms with Crippen LogP contribution in [0.5, 0.6) is 5.75 Å². The van der Waals surface area contributed by atoms with E-state index in [4.69, 9.17) is 32.7 Å². The number of imidazole rings is 1. The summed E-state index contributed by atoms with van der Waals surface area (Å²) < 4.78 is 12.5. The van der Waals surface area contributed by atoms with Crippen molar-refractivity contribution in [3.63, 3.8) is 0 Å². The number of carbonyl (C=O) groups excluding carboxylic acids is 1. The Kier molecular flexibility index (Phi) is 8.15. The van der Waals surface area contributed by atoms with Gasteiger partial charge < -0.3 is 9.47 Å². The molecule has 0 N–H and O–H groups in total. The highest BCUT2D eigenvalue weighted by molar-refractivity contribution is 6.37. The summed E-state index contributed by atoms with van der Waals surface area (Å²) in [6, 6.07) is 9.16. The molecule has 0 saturated carbocycles. The van der Waals surface area contributed by atoms with E-state index < -0.39 is 0 Å². The summed E-state index contributed by atoms with van der Waals surface area (Å²) in [6.45, 7) is 8.51. The molecule has 0 fully saturated rings. The molecule has 5 nitrogen and oxygen atoms in total. The van der Waals surface area contributed by atoms with Gasteiger partial charge in [-0.25, -0.2) is 4.98 Å². The van der Waals surface area contributed by atoms with Crippen molar-refractivity contribution in [2.75, 3.05) is 13.2 Å². The summed E-state index contributed by atoms with van der Waals surface area (Å²) in [5.74, 6) is 0.262. The summed E-state index contributed by atoms with van der Waals surface area (Å²) >= 11 is 12.6. The smallest absolute Gasteiger partial charge is 0.311 e. The number of rotatable bonds is 6. The minimum atomic E-state index is -0.305. The Balaban J connectivity index is 0.00000136. The average molecular weight is 423 g/mol. The summed E-state index contributed by atoms with van der Waals surface area (Å²) in [6.07, 6.45) is 1.93. The first-order valence-electron chi connectivity index (χ1n) is 9.28. The van der Waals surface area contributed by atoms with Crippen molar-refractivity contribution in [2.24, 2.45) is 0 Å². The molecule has 0 aliphatic heterocycles. The average Bonchev–Trinajstić information content (AvgIpc) is 3.08. The van der Waals surface area contributed by atoms with Crippen molar-refractivity contribution in [3.8, 4) is 17.0 Å². The number of nitrogens with zero attached hydrogens (tertiary/aromatic N) is 2. The molecular weight excluding hydrogens is 399 g/mol. The van der Waals surface area contributed by atoms with E-state index in [1.165, 1.54) is 0 Å². The molecule has 0 bridgehead atoms. The van der Waals surface area contributed by atoms with Crippen LogP contribution < -0.4 is 4.74 Å². The zero-order chi connectivity index (χ0) is 20.7. The molecule has 0 atom stereocenters. The topological polar surface area (TPSA) is 52.8 Å². The maximum Gasteiger partial charge on any atom is 0.311 e. The highest BCUT2D eigenvalue weighted by atomic mass is 35.5. The predicted molar refractivity (Wildman–Crippen MR) is 114 cm³/mol. The van der Waals surface area contributed by atoms with Gasteiger partial charge in [0.25, 0.3) is 0 Å². The van der Waals surface area contributed by atoms with Gasteiger partial charge in [0.05, 0.1) is 41.1 Å². The van der Waals surface area contributed by atoms with Crippen LogP contribution in [0.15, 0.2) is 36.5 Å². The number of ether oxygens (including phenoxy) is 2. The van der Waals surface area contributed by atoms with Crippen molar-refractivity contribution in [1.82, 2.24) is 9.38 Å². The number of hydrogen-bond donors (Lipinski definition) is 0. The van der Waals surface area contributed by atoms with Crippen LogP contribution in [0, 0.1) is 0 Å². The number of carbonyl (C=O) groups is 1. The van der Waals surface area contributed by atoms with Gasteiger partial charge in [-0.05, 0) is 38.1 Å². The SMILES string of the molecule is CC.CCOC(=O)Cc1cn2c(-c3cc(OCC)c(Cl)cc3Cl)cccc2n1. The van der Waals surface area contributed by atoms with E-state index in [0.717, 1.165) is 11.3 Å². The van der Waals surface area contributed by atoms with Gasteiger partial charge >= 0.3 is 5.97 Å². The van der Waals surface area contributed by atoms with E-state index >= 15 is 0 Å². The minimum Gasteiger partial charge on any atom is -0.492 e. The summed E-state index contributed by atoms with van der Waals surface area (Å²) in [7, 11) is 0. The van der Waals surface area contributed by atoms with Gasteiger partial charge in [-0.2, -0.15) is 0 Å². The molecule has 3 rings (SSSR count). The second-order valence-electron chi connectivity index (χ2n) is 5.55. The molecule has 1 aromatic carbocycles. The molecule has 0 unspecified atom stereocenters. The quantitative estimate of drug-likeness (QED) is 0.468. The van der Waals surface area contributed by atoms with E-state index in [-0.39, 0.29) is 12.4 Å². The monoisotopic (exact) mass is 422 g/mol. The molecule has 150 valence electrons. The lowest BCUT2D eigenvalue weighted by molar-refractivity contribution is -0.142. The highest BCUT2D eigenvalue weighted by Crippen LogP contribution is 2.37. The Hall–Kier alpha value is -2.24. The number of halogens is 2. The Labute approximate surface area is 175 Å². The second-order valence-corrected chi connectivity index (χ2v) is 6.36. The lowest BCUT2D eigenvalue weighted by Gasteiger charge is -2.12. The summed E-state index contributed by atoms with van der Waals surface area (Å²) in [5, 5.41) is 0.966. The molecule has 0 saturated heterocycles. The van der Waals surface area contributed by atoms with Crippen molar-refractivity contribution in [1.29, 1.82) is 0 Å². The molecule has 3 aromatic rings. The number of pyridine rings is 1. The third kappa shape index (κ3) is 4.97. The van der Waals surface area contributed by atoms with Crippen molar-refractivity contribution >= 4 is 34.8 Å². The van der Waals surface area contributed by atoms with Crippen LogP contribution in [0.4, 0.5) is 0 Å². The lowest BCUT2D eigenvalue weighted by Crippen LogP contribution is -2.07. The molecule has 0 amide bonds. The van der Waals surface area contributed by atoms with Crippen LogP contribution in [-0.4, -0.2) is 28.6 Å². The molecule has 7 heteroatoms. The Bertz CT molecular complexity index is 954. The number of esters is 1. The van der Waals surface area contributed by atoms with Crippen molar-refractivity contribution < 1.29 is 14.3 Å². The van der Waals surface area contributed by atoms with Gasteiger partial charge in [0, 0.05) is 11.8 Å². The highest BCUT2D eigenvalue weighted by Gasteiger charge is 2.15. The Morgan fingerprint density at radius 1 is 1.11 bits per heavy atom. The zero-order valence-electron chi connectivity index (χ0n) is 16.5. The fourth-order valence-corrected chi connectivity index (χ4v) is 3.25. The van der Waals surface area contributed by atoms with Gasteiger partial charge in [-0.15, -0.1) is 0 Å². The largest absolute Gasteiger partial charge is 0.492 e. The van der Waals surface area contributed by atoms with Crippen LogP contribution in [-0.2, 0) is 16.0 Å². The van der Waals surface area contributed by atoms with Gasteiger partial charge in [0.2, 0.25) is 0 Å². The van der Waals surface area contributed by atoms with E-state index in [1.54, 1.807) is 13.0 Å². The Morgan fingerprint density at radius 2 is 1.86 bits per heavy atom. The number of fused-ring (bicyclic) bond motifs is 1. The number of benzene rings is 1. The predicted octanol–water partition coefficient (Wildman–Crippen LogP) is 5.84. The summed E-state index contributed by atoms with van der Waals surface area (Å²) in [4.78, 5) is 16.2. The van der Waals surface area contributed by atoms with E-state index in [2.05, 4.69) is 4.98 Å². The first kappa shape index (κ1) is 22.1. The van der Waals surface area contributed by atoms with Crippen LogP contribution >= 0.6 is 23.2 Å². The lowest BCUT2D eigenvalue weighted by atomic mass is 10.1. The van der Waals surface area contributed by atoms with Crippen molar-refractivity contribution in [3.05, 3.63) is 52.3 Å². The van der Waals surface area contributed by atoms with E-state index in [9.17, 15) is 4.79 Å². The van der Waals surface area contributed by atoms with Crippen LogP contribution in [0.25, 0.3) is 16.9 Å². The molecular formula is C21H24Cl2N2O3. The van der Waals surface area contributed by atoms with Crippen LogP contribution in [0.2, 0.25) is 10.0 Å². The van der Waals surface area contributed by atoms with Gasteiger partial charge in [-0.1, -0.05) is 43.1 Å². The fourth-order valence-electron chi connectivity index (χ4n) is 2.72.